The van der Waals surface area contributed by atoms with Crippen LogP contribution < -0.4 is 10.6 Å². The number of nitrogens with one attached hydrogen (secondary N) is 1. The van der Waals surface area contributed by atoms with Gasteiger partial charge in [-0.2, -0.15) is 5.10 Å². The zero-order valence-electron chi connectivity index (χ0n) is 19.9. The van der Waals surface area contributed by atoms with Crippen LogP contribution in [-0.2, 0) is 34.6 Å². The second-order valence-corrected chi connectivity index (χ2v) is 8.31. The second-order valence-electron chi connectivity index (χ2n) is 8.31. The van der Waals surface area contributed by atoms with E-state index in [-0.39, 0.29) is 24.4 Å². The maximum atomic E-state index is 15.0. The van der Waals surface area contributed by atoms with Gasteiger partial charge in [-0.1, -0.05) is 23.4 Å². The number of nitrogens with two attached hydrogens (primary N) is 1. The number of piperidine rings is 1. The number of halogens is 1. The highest BCUT2D eigenvalue weighted by molar-refractivity contribution is 5.94. The summed E-state index contributed by atoms with van der Waals surface area (Å²) in [7, 11) is 1.85. The summed E-state index contributed by atoms with van der Waals surface area (Å²) in [4.78, 5) is 27.9. The molecule has 12 heteroatoms. The molecule has 0 amide bonds. The van der Waals surface area contributed by atoms with Crippen molar-refractivity contribution in [3.8, 4) is 11.1 Å². The molecule has 0 saturated carbocycles. The van der Waals surface area contributed by atoms with Crippen molar-refractivity contribution in [3.63, 3.8) is 0 Å². The third-order valence-electron chi connectivity index (χ3n) is 5.55. The Hall–Kier alpha value is -4.35. The van der Waals surface area contributed by atoms with Crippen LogP contribution in [0.1, 0.15) is 30.5 Å². The normalized spacial score (nSPS) is 13.4. The van der Waals surface area contributed by atoms with Crippen LogP contribution in [0.25, 0.3) is 11.1 Å². The molecule has 0 unspecified atom stereocenters. The van der Waals surface area contributed by atoms with Crippen molar-refractivity contribution >= 4 is 23.5 Å². The van der Waals surface area contributed by atoms with E-state index in [0.717, 1.165) is 24.2 Å². The monoisotopic (exact) mass is 494 g/mol. The standard InChI is InChI=1S/C24H27FN8O3/c1-32-8-5-19(30-32)15-36-31-18-6-9-33(10-7-18)24-28-12-17(13-29-24)20-4-2-3-16(23(20)25)14-35-22(34)11-21(26)27/h2-5,8,12-13H,6-7,9-11,14-15H2,1H3,(H3,26,27). The van der Waals surface area contributed by atoms with Gasteiger partial charge in [-0.05, 0) is 6.07 Å². The molecule has 1 aliphatic heterocycles. The van der Waals surface area contributed by atoms with Crippen molar-refractivity contribution in [3.05, 3.63) is 59.9 Å². The maximum Gasteiger partial charge on any atom is 0.313 e. The van der Waals surface area contributed by atoms with Crippen molar-refractivity contribution in [2.45, 2.75) is 32.5 Å². The first-order chi connectivity index (χ1) is 17.4. The highest BCUT2D eigenvalue weighted by atomic mass is 19.1. The lowest BCUT2D eigenvalue weighted by Crippen LogP contribution is -2.35. The Morgan fingerprint density at radius 2 is 1.94 bits per heavy atom. The predicted molar refractivity (Wildman–Crippen MR) is 131 cm³/mol. The molecule has 4 rings (SSSR count). The van der Waals surface area contributed by atoms with Gasteiger partial charge in [0.1, 0.15) is 30.4 Å². The zero-order valence-corrected chi connectivity index (χ0v) is 19.9. The summed E-state index contributed by atoms with van der Waals surface area (Å²) >= 11 is 0. The first-order valence-corrected chi connectivity index (χ1v) is 11.4. The summed E-state index contributed by atoms with van der Waals surface area (Å²) < 4.78 is 21.8. The van der Waals surface area contributed by atoms with Crippen LogP contribution in [0.3, 0.4) is 0 Å². The van der Waals surface area contributed by atoms with Crippen LogP contribution in [0.5, 0.6) is 0 Å². The number of carbonyl (C=O) groups is 1. The zero-order chi connectivity index (χ0) is 25.5. The Kier molecular flexibility index (Phi) is 7.83. The lowest BCUT2D eigenvalue weighted by molar-refractivity contribution is -0.143. The molecule has 1 saturated heterocycles. The number of carbonyl (C=O) groups excluding carboxylic acids is 1. The number of amidine groups is 1. The molecule has 0 atom stereocenters. The van der Waals surface area contributed by atoms with Gasteiger partial charge in [-0.25, -0.2) is 14.4 Å². The summed E-state index contributed by atoms with van der Waals surface area (Å²) in [6.45, 7) is 1.46. The highest BCUT2D eigenvalue weighted by Crippen LogP contribution is 2.26. The van der Waals surface area contributed by atoms with Gasteiger partial charge in [0.15, 0.2) is 6.61 Å². The summed E-state index contributed by atoms with van der Waals surface area (Å²) in [6.07, 6.45) is 6.13. The third kappa shape index (κ3) is 6.40. The Morgan fingerprint density at radius 1 is 1.19 bits per heavy atom. The topological polar surface area (TPSA) is 145 Å². The summed E-state index contributed by atoms with van der Waals surface area (Å²) in [5.74, 6) is -0.956. The number of hydrogen-bond acceptors (Lipinski definition) is 9. The average molecular weight is 495 g/mol. The SMILES string of the molecule is Cn1ccc(CON=C2CCN(c3ncc(-c4cccc(COC(=O)CC(=N)N)c4F)cn3)CC2)n1. The Labute approximate surface area is 207 Å². The van der Waals surface area contributed by atoms with E-state index < -0.39 is 11.8 Å². The number of benzene rings is 1. The predicted octanol–water partition coefficient (Wildman–Crippen LogP) is 2.56. The molecule has 3 N–H and O–H groups in total. The minimum absolute atomic E-state index is 0.210. The number of esters is 1. The fourth-order valence-electron chi connectivity index (χ4n) is 3.69. The number of oxime groups is 1. The van der Waals surface area contributed by atoms with Crippen molar-refractivity contribution in [1.82, 2.24) is 19.7 Å². The quantitative estimate of drug-likeness (QED) is 0.200. The molecule has 0 spiro atoms. The minimum atomic E-state index is -0.686. The van der Waals surface area contributed by atoms with Gasteiger partial charge in [0, 0.05) is 68.3 Å². The molecular weight excluding hydrogens is 467 g/mol. The van der Waals surface area contributed by atoms with Gasteiger partial charge >= 0.3 is 5.97 Å². The van der Waals surface area contributed by atoms with E-state index >= 15 is 4.39 Å². The van der Waals surface area contributed by atoms with Crippen molar-refractivity contribution < 1.29 is 18.8 Å². The molecule has 1 aliphatic rings. The van der Waals surface area contributed by atoms with E-state index in [1.54, 1.807) is 29.2 Å². The van der Waals surface area contributed by atoms with Gasteiger partial charge in [0.25, 0.3) is 0 Å². The summed E-state index contributed by atoms with van der Waals surface area (Å²) in [5, 5.41) is 15.6. The van der Waals surface area contributed by atoms with E-state index in [1.165, 1.54) is 6.07 Å². The summed E-state index contributed by atoms with van der Waals surface area (Å²) in [5.41, 5.74) is 8.00. The lowest BCUT2D eigenvalue weighted by Gasteiger charge is -2.27. The number of anilines is 1. The molecular formula is C24H27FN8O3. The van der Waals surface area contributed by atoms with E-state index in [2.05, 4.69) is 20.2 Å². The molecule has 0 bridgehead atoms. The Bertz CT molecular complexity index is 1250. The Balaban J connectivity index is 1.32. The van der Waals surface area contributed by atoms with Crippen LogP contribution in [0.2, 0.25) is 0 Å². The van der Waals surface area contributed by atoms with Crippen molar-refractivity contribution in [2.75, 3.05) is 18.0 Å². The first kappa shape index (κ1) is 24.8. The van der Waals surface area contributed by atoms with Crippen LogP contribution in [0.15, 0.2) is 48.0 Å². The minimum Gasteiger partial charge on any atom is -0.460 e. The van der Waals surface area contributed by atoms with E-state index in [1.807, 2.05) is 24.2 Å². The number of hydrogen-bond donors (Lipinski definition) is 2. The van der Waals surface area contributed by atoms with Gasteiger partial charge in [-0.15, -0.1) is 0 Å². The molecule has 0 radical (unpaired) electrons. The van der Waals surface area contributed by atoms with Crippen molar-refractivity contribution in [1.29, 1.82) is 5.41 Å². The maximum absolute atomic E-state index is 15.0. The van der Waals surface area contributed by atoms with Crippen molar-refractivity contribution in [2.24, 2.45) is 17.9 Å². The Morgan fingerprint density at radius 3 is 2.61 bits per heavy atom. The largest absolute Gasteiger partial charge is 0.460 e. The molecule has 188 valence electrons. The average Bonchev–Trinajstić information content (AvgIpc) is 3.28. The van der Waals surface area contributed by atoms with E-state index in [0.29, 0.717) is 36.8 Å². The molecule has 3 aromatic rings. The van der Waals surface area contributed by atoms with Gasteiger partial charge in [0.2, 0.25) is 5.95 Å². The van der Waals surface area contributed by atoms with Gasteiger partial charge < -0.3 is 20.2 Å². The van der Waals surface area contributed by atoms with E-state index in [9.17, 15) is 4.79 Å². The van der Waals surface area contributed by atoms with Crippen LogP contribution in [0, 0.1) is 11.2 Å². The molecule has 11 nitrogen and oxygen atoms in total. The van der Waals surface area contributed by atoms with Gasteiger partial charge in [0.05, 0.1) is 5.71 Å². The van der Waals surface area contributed by atoms with Crippen LogP contribution in [-0.4, -0.2) is 50.4 Å². The number of rotatable bonds is 9. The lowest BCUT2D eigenvalue weighted by atomic mass is 10.0. The molecule has 2 aromatic heterocycles. The number of aromatic nitrogens is 4. The second kappa shape index (κ2) is 11.4. The molecule has 0 aliphatic carbocycles. The summed E-state index contributed by atoms with van der Waals surface area (Å²) in [6, 6.07) is 6.70. The number of aryl methyl sites for hydroxylation is 1. The fourth-order valence-corrected chi connectivity index (χ4v) is 3.69. The highest BCUT2D eigenvalue weighted by Gasteiger charge is 2.19. The van der Waals surface area contributed by atoms with Gasteiger partial charge in [-0.3, -0.25) is 14.9 Å². The number of ether oxygens (including phenoxy) is 1. The smallest absolute Gasteiger partial charge is 0.313 e. The molecule has 1 aromatic carbocycles. The van der Waals surface area contributed by atoms with E-state index in [4.69, 9.17) is 20.7 Å². The third-order valence-corrected chi connectivity index (χ3v) is 5.55. The number of nitrogens with zero attached hydrogens (tertiary/aromatic N) is 6. The molecule has 1 fully saturated rings. The molecule has 36 heavy (non-hydrogen) atoms. The fraction of sp³-hybridized carbons (Fsp3) is 0.333. The van der Waals surface area contributed by atoms with Crippen LogP contribution >= 0.6 is 0 Å². The molecule has 3 heterocycles. The van der Waals surface area contributed by atoms with Crippen LogP contribution in [0.4, 0.5) is 10.3 Å². The first-order valence-electron chi connectivity index (χ1n) is 11.4.